The summed E-state index contributed by atoms with van der Waals surface area (Å²) >= 11 is 0. The Morgan fingerprint density at radius 3 is 3.17 bits per heavy atom. The second-order valence-electron chi connectivity index (χ2n) is 4.59. The van der Waals surface area contributed by atoms with Crippen LogP contribution in [0.5, 0.6) is 0 Å². The predicted molar refractivity (Wildman–Crippen MR) is 69.6 cm³/mol. The number of aromatic amines is 1. The molecule has 18 heavy (non-hydrogen) atoms. The summed E-state index contributed by atoms with van der Waals surface area (Å²) < 4.78 is 5.49. The molecule has 0 bridgehead atoms. The van der Waals surface area contributed by atoms with E-state index in [4.69, 9.17) is 4.74 Å². The minimum Gasteiger partial charge on any atom is -0.376 e. The fraction of sp³-hybridized carbons (Fsp3) is 0.357. The quantitative estimate of drug-likeness (QED) is 0.868. The van der Waals surface area contributed by atoms with Crippen molar-refractivity contribution in [3.63, 3.8) is 0 Å². The van der Waals surface area contributed by atoms with Gasteiger partial charge in [-0.2, -0.15) is 0 Å². The Labute approximate surface area is 105 Å². The molecule has 0 radical (unpaired) electrons. The van der Waals surface area contributed by atoms with Crippen molar-refractivity contribution >= 4 is 16.8 Å². The molecule has 94 valence electrons. The van der Waals surface area contributed by atoms with E-state index in [0.717, 1.165) is 30.4 Å². The van der Waals surface area contributed by atoms with Crippen molar-refractivity contribution in [2.24, 2.45) is 0 Å². The number of H-pyrrole nitrogens is 1. The number of aromatic nitrogens is 1. The molecule has 0 aliphatic carbocycles. The van der Waals surface area contributed by atoms with Crippen LogP contribution < -0.4 is 5.32 Å². The summed E-state index contributed by atoms with van der Waals surface area (Å²) in [5.41, 5.74) is 1.68. The van der Waals surface area contributed by atoms with Crippen molar-refractivity contribution in [1.29, 1.82) is 0 Å². The van der Waals surface area contributed by atoms with Crippen LogP contribution in [-0.4, -0.2) is 30.1 Å². The smallest absolute Gasteiger partial charge is 0.253 e. The molecule has 1 aromatic carbocycles. The Morgan fingerprint density at radius 2 is 2.33 bits per heavy atom. The number of benzene rings is 1. The molecule has 1 aromatic heterocycles. The average molecular weight is 244 g/mol. The monoisotopic (exact) mass is 244 g/mol. The fourth-order valence-corrected chi connectivity index (χ4v) is 2.37. The predicted octanol–water partition coefficient (Wildman–Crippen LogP) is 2.08. The summed E-state index contributed by atoms with van der Waals surface area (Å²) in [5.74, 6) is -0.0389. The first-order chi connectivity index (χ1) is 8.84. The van der Waals surface area contributed by atoms with Gasteiger partial charge in [0.1, 0.15) is 0 Å². The zero-order valence-electron chi connectivity index (χ0n) is 10.1. The van der Waals surface area contributed by atoms with Crippen molar-refractivity contribution < 1.29 is 9.53 Å². The van der Waals surface area contributed by atoms with Gasteiger partial charge in [0.05, 0.1) is 11.7 Å². The number of nitrogens with one attached hydrogen (secondary N) is 2. The molecule has 1 amide bonds. The fourth-order valence-electron chi connectivity index (χ4n) is 2.37. The van der Waals surface area contributed by atoms with Gasteiger partial charge in [0, 0.05) is 30.3 Å². The van der Waals surface area contributed by atoms with Gasteiger partial charge in [0.2, 0.25) is 0 Å². The van der Waals surface area contributed by atoms with Crippen molar-refractivity contribution in [1.82, 2.24) is 10.3 Å². The van der Waals surface area contributed by atoms with Crippen molar-refractivity contribution in [3.05, 3.63) is 36.0 Å². The lowest BCUT2D eigenvalue weighted by Gasteiger charge is -2.10. The zero-order chi connectivity index (χ0) is 12.4. The van der Waals surface area contributed by atoms with Crippen molar-refractivity contribution in [3.8, 4) is 0 Å². The molecule has 1 atom stereocenters. The van der Waals surface area contributed by atoms with Crippen LogP contribution in [0, 0.1) is 0 Å². The molecule has 2 aromatic rings. The molecule has 0 saturated carbocycles. The second-order valence-corrected chi connectivity index (χ2v) is 4.59. The lowest BCUT2D eigenvalue weighted by atomic mass is 10.1. The number of para-hydroxylation sites is 1. The maximum Gasteiger partial charge on any atom is 0.253 e. The van der Waals surface area contributed by atoms with E-state index < -0.39 is 0 Å². The van der Waals surface area contributed by atoms with Gasteiger partial charge in [0.25, 0.3) is 5.91 Å². The van der Waals surface area contributed by atoms with Crippen LogP contribution in [0.1, 0.15) is 23.2 Å². The van der Waals surface area contributed by atoms with Crippen LogP contribution in [0.15, 0.2) is 30.5 Å². The van der Waals surface area contributed by atoms with Gasteiger partial charge in [0.15, 0.2) is 0 Å². The number of rotatable bonds is 3. The number of fused-ring (bicyclic) bond motifs is 1. The number of amides is 1. The molecule has 2 heterocycles. The van der Waals surface area contributed by atoms with E-state index in [-0.39, 0.29) is 12.0 Å². The van der Waals surface area contributed by atoms with Gasteiger partial charge in [-0.25, -0.2) is 0 Å². The Hall–Kier alpha value is -1.81. The van der Waals surface area contributed by atoms with E-state index in [9.17, 15) is 4.79 Å². The summed E-state index contributed by atoms with van der Waals surface area (Å²) in [6.45, 7) is 1.41. The molecule has 1 unspecified atom stereocenters. The van der Waals surface area contributed by atoms with Crippen LogP contribution in [0.2, 0.25) is 0 Å². The van der Waals surface area contributed by atoms with E-state index >= 15 is 0 Å². The normalized spacial score (nSPS) is 19.2. The summed E-state index contributed by atoms with van der Waals surface area (Å²) in [7, 11) is 0. The second kappa shape index (κ2) is 4.82. The van der Waals surface area contributed by atoms with E-state index in [2.05, 4.69) is 10.3 Å². The van der Waals surface area contributed by atoms with Gasteiger partial charge in [-0.1, -0.05) is 18.2 Å². The first-order valence-corrected chi connectivity index (χ1v) is 6.30. The third kappa shape index (κ3) is 2.11. The highest BCUT2D eigenvalue weighted by Crippen LogP contribution is 2.17. The van der Waals surface area contributed by atoms with Gasteiger partial charge >= 0.3 is 0 Å². The molecule has 1 fully saturated rings. The van der Waals surface area contributed by atoms with Crippen LogP contribution in [0.25, 0.3) is 10.9 Å². The molecular weight excluding hydrogens is 228 g/mol. The highest BCUT2D eigenvalue weighted by Gasteiger charge is 2.17. The van der Waals surface area contributed by atoms with Crippen LogP contribution >= 0.6 is 0 Å². The highest BCUT2D eigenvalue weighted by atomic mass is 16.5. The number of carbonyl (C=O) groups is 1. The molecule has 1 aliphatic heterocycles. The summed E-state index contributed by atoms with van der Waals surface area (Å²) in [6, 6.07) is 7.80. The number of ether oxygens (including phenoxy) is 1. The molecule has 3 rings (SSSR count). The first kappa shape index (κ1) is 11.3. The van der Waals surface area contributed by atoms with E-state index in [1.165, 1.54) is 0 Å². The Kier molecular flexibility index (Phi) is 3.02. The average Bonchev–Trinajstić information content (AvgIpc) is 3.05. The summed E-state index contributed by atoms with van der Waals surface area (Å²) in [6.07, 6.45) is 4.07. The van der Waals surface area contributed by atoms with Gasteiger partial charge in [-0.05, 0) is 18.9 Å². The molecule has 4 heteroatoms. The van der Waals surface area contributed by atoms with Crippen LogP contribution in [0.3, 0.4) is 0 Å². The topological polar surface area (TPSA) is 54.1 Å². The van der Waals surface area contributed by atoms with Crippen molar-refractivity contribution in [2.75, 3.05) is 13.2 Å². The Bertz CT molecular complexity index is 556. The van der Waals surface area contributed by atoms with E-state index in [0.29, 0.717) is 12.1 Å². The molecule has 1 saturated heterocycles. The maximum atomic E-state index is 12.1. The summed E-state index contributed by atoms with van der Waals surface area (Å²) in [5, 5.41) is 3.90. The lowest BCUT2D eigenvalue weighted by molar-refractivity contribution is 0.0859. The zero-order valence-corrected chi connectivity index (χ0v) is 10.1. The van der Waals surface area contributed by atoms with Crippen LogP contribution in [-0.2, 0) is 4.74 Å². The lowest BCUT2D eigenvalue weighted by Crippen LogP contribution is -2.31. The summed E-state index contributed by atoms with van der Waals surface area (Å²) in [4.78, 5) is 15.2. The van der Waals surface area contributed by atoms with Gasteiger partial charge in [-0.3, -0.25) is 4.79 Å². The Balaban J connectivity index is 1.71. The van der Waals surface area contributed by atoms with E-state index in [1.807, 2.05) is 24.3 Å². The SMILES string of the molecule is O=C(NCC1CCCO1)c1c[nH]c2ccccc12. The molecular formula is C14H16N2O2. The molecule has 4 nitrogen and oxygen atoms in total. The van der Waals surface area contributed by atoms with Gasteiger partial charge in [-0.15, -0.1) is 0 Å². The largest absolute Gasteiger partial charge is 0.376 e. The number of hydrogen-bond acceptors (Lipinski definition) is 2. The standard InChI is InChI=1S/C14H16N2O2/c17-14(16-8-10-4-3-7-18-10)12-9-15-13-6-2-1-5-11(12)13/h1-2,5-6,9-10,15H,3-4,7-8H2,(H,16,17). The Morgan fingerprint density at radius 1 is 1.44 bits per heavy atom. The molecule has 1 aliphatic rings. The highest BCUT2D eigenvalue weighted by molar-refractivity contribution is 6.06. The number of carbonyl (C=O) groups excluding carboxylic acids is 1. The number of hydrogen-bond donors (Lipinski definition) is 2. The van der Waals surface area contributed by atoms with E-state index in [1.54, 1.807) is 6.20 Å². The third-order valence-corrected chi connectivity index (χ3v) is 3.35. The van der Waals surface area contributed by atoms with Crippen molar-refractivity contribution in [2.45, 2.75) is 18.9 Å². The minimum absolute atomic E-state index is 0.0389. The minimum atomic E-state index is -0.0389. The molecule has 0 spiro atoms. The maximum absolute atomic E-state index is 12.1. The first-order valence-electron chi connectivity index (χ1n) is 6.30. The molecule has 2 N–H and O–H groups in total. The van der Waals surface area contributed by atoms with Crippen LogP contribution in [0.4, 0.5) is 0 Å². The van der Waals surface area contributed by atoms with Gasteiger partial charge < -0.3 is 15.0 Å². The third-order valence-electron chi connectivity index (χ3n) is 3.35.